The average Bonchev–Trinajstić information content (AvgIpc) is 3.34. The number of nitrogens with zero attached hydrogens (tertiary/aromatic N) is 1. The van der Waals surface area contributed by atoms with Gasteiger partial charge in [0.25, 0.3) is 5.91 Å². The predicted molar refractivity (Wildman–Crippen MR) is 86.9 cm³/mol. The number of carbonyl (C=O) groups is 1. The fourth-order valence-corrected chi connectivity index (χ4v) is 2.47. The Hall–Kier alpha value is -2.82. The third kappa shape index (κ3) is 2.77. The van der Waals surface area contributed by atoms with Gasteiger partial charge in [-0.25, -0.2) is 4.98 Å². The maximum atomic E-state index is 12.3. The van der Waals surface area contributed by atoms with Crippen molar-refractivity contribution in [2.45, 2.75) is 18.8 Å². The number of hydrogen-bond donors (Lipinski definition) is 1. The maximum absolute atomic E-state index is 12.3. The molecule has 0 saturated heterocycles. The number of methoxy groups -OCH3 is 1. The summed E-state index contributed by atoms with van der Waals surface area (Å²) < 4.78 is 10.8. The van der Waals surface area contributed by atoms with Crippen molar-refractivity contribution in [1.29, 1.82) is 0 Å². The van der Waals surface area contributed by atoms with E-state index in [4.69, 9.17) is 9.15 Å². The van der Waals surface area contributed by atoms with Gasteiger partial charge in [-0.3, -0.25) is 4.79 Å². The first-order valence-corrected chi connectivity index (χ1v) is 7.59. The number of ether oxygens (including phenoxy) is 1. The molecular formula is C18H16N2O3. The van der Waals surface area contributed by atoms with E-state index in [1.54, 1.807) is 31.4 Å². The minimum atomic E-state index is -0.169. The molecule has 1 fully saturated rings. The second kappa shape index (κ2) is 5.43. The highest BCUT2D eigenvalue weighted by atomic mass is 16.5. The molecule has 5 nitrogen and oxygen atoms in total. The Balaban J connectivity index is 1.54. The lowest BCUT2D eigenvalue weighted by Crippen LogP contribution is -2.11. The zero-order chi connectivity index (χ0) is 15.8. The summed E-state index contributed by atoms with van der Waals surface area (Å²) in [4.78, 5) is 16.8. The van der Waals surface area contributed by atoms with Gasteiger partial charge in [0, 0.05) is 17.2 Å². The molecular weight excluding hydrogens is 292 g/mol. The topological polar surface area (TPSA) is 64.4 Å². The van der Waals surface area contributed by atoms with E-state index in [-0.39, 0.29) is 5.91 Å². The van der Waals surface area contributed by atoms with Gasteiger partial charge in [0.05, 0.1) is 7.11 Å². The lowest BCUT2D eigenvalue weighted by Gasteiger charge is -2.06. The number of amides is 1. The summed E-state index contributed by atoms with van der Waals surface area (Å²) in [6.45, 7) is 0. The van der Waals surface area contributed by atoms with Crippen molar-refractivity contribution in [3.63, 3.8) is 0 Å². The molecule has 0 radical (unpaired) electrons. The van der Waals surface area contributed by atoms with Gasteiger partial charge in [0.15, 0.2) is 11.5 Å². The van der Waals surface area contributed by atoms with Crippen LogP contribution in [0.3, 0.4) is 0 Å². The molecule has 116 valence electrons. The first-order valence-electron chi connectivity index (χ1n) is 7.59. The number of carbonyl (C=O) groups excluding carboxylic acids is 1. The summed E-state index contributed by atoms with van der Waals surface area (Å²) in [5, 5.41) is 2.88. The second-order valence-corrected chi connectivity index (χ2v) is 5.69. The van der Waals surface area contributed by atoms with Crippen molar-refractivity contribution in [3.8, 4) is 5.75 Å². The van der Waals surface area contributed by atoms with Crippen LogP contribution in [0.5, 0.6) is 5.75 Å². The Kier molecular flexibility index (Phi) is 3.26. The molecule has 1 aromatic heterocycles. The van der Waals surface area contributed by atoms with Crippen LogP contribution in [0.4, 0.5) is 5.69 Å². The van der Waals surface area contributed by atoms with Crippen LogP contribution in [-0.2, 0) is 0 Å². The molecule has 0 unspecified atom stereocenters. The fraction of sp³-hybridized carbons (Fsp3) is 0.222. The molecule has 1 saturated carbocycles. The molecule has 1 N–H and O–H groups in total. The number of oxazole rings is 1. The van der Waals surface area contributed by atoms with Crippen LogP contribution >= 0.6 is 0 Å². The number of hydrogen-bond acceptors (Lipinski definition) is 4. The number of rotatable bonds is 4. The molecule has 1 aliphatic carbocycles. The van der Waals surface area contributed by atoms with Gasteiger partial charge in [0.1, 0.15) is 11.3 Å². The van der Waals surface area contributed by atoms with E-state index in [9.17, 15) is 4.79 Å². The number of anilines is 1. The standard InChI is InChI=1S/C18H16N2O3/c1-22-14-7-4-11(5-8-14)17(21)19-13-6-9-16-15(10-13)20-18(23-16)12-2-3-12/h4-10,12H,2-3H2,1H3,(H,19,21). The summed E-state index contributed by atoms with van der Waals surface area (Å²) >= 11 is 0. The van der Waals surface area contributed by atoms with E-state index < -0.39 is 0 Å². The Labute approximate surface area is 133 Å². The minimum Gasteiger partial charge on any atom is -0.497 e. The lowest BCUT2D eigenvalue weighted by molar-refractivity contribution is 0.102. The largest absolute Gasteiger partial charge is 0.497 e. The summed E-state index contributed by atoms with van der Waals surface area (Å²) in [5.41, 5.74) is 2.81. The Bertz CT molecular complexity index is 864. The van der Waals surface area contributed by atoms with Crippen molar-refractivity contribution in [2.75, 3.05) is 12.4 Å². The molecule has 1 heterocycles. The van der Waals surface area contributed by atoms with E-state index in [1.807, 2.05) is 18.2 Å². The average molecular weight is 308 g/mol. The van der Waals surface area contributed by atoms with Gasteiger partial charge in [-0.15, -0.1) is 0 Å². The second-order valence-electron chi connectivity index (χ2n) is 5.69. The van der Waals surface area contributed by atoms with E-state index >= 15 is 0 Å². The van der Waals surface area contributed by atoms with Crippen LogP contribution in [-0.4, -0.2) is 18.0 Å². The summed E-state index contributed by atoms with van der Waals surface area (Å²) in [6, 6.07) is 12.5. The van der Waals surface area contributed by atoms with Gasteiger partial charge < -0.3 is 14.5 Å². The normalized spacial score (nSPS) is 14.0. The quantitative estimate of drug-likeness (QED) is 0.792. The molecule has 0 aliphatic heterocycles. The molecule has 0 spiro atoms. The first-order chi connectivity index (χ1) is 11.2. The molecule has 5 heteroatoms. The Morgan fingerprint density at radius 1 is 1.22 bits per heavy atom. The van der Waals surface area contributed by atoms with Crippen LogP contribution < -0.4 is 10.1 Å². The van der Waals surface area contributed by atoms with E-state index in [0.29, 0.717) is 17.2 Å². The van der Waals surface area contributed by atoms with Gasteiger partial charge in [0.2, 0.25) is 0 Å². The summed E-state index contributed by atoms with van der Waals surface area (Å²) in [5.74, 6) is 1.83. The molecule has 23 heavy (non-hydrogen) atoms. The molecule has 0 atom stereocenters. The maximum Gasteiger partial charge on any atom is 0.255 e. The van der Waals surface area contributed by atoms with E-state index in [0.717, 1.165) is 35.6 Å². The highest BCUT2D eigenvalue weighted by Gasteiger charge is 2.28. The molecule has 1 amide bonds. The first kappa shape index (κ1) is 13.8. The molecule has 3 aromatic rings. The van der Waals surface area contributed by atoms with Crippen LogP contribution in [0.1, 0.15) is 35.0 Å². The van der Waals surface area contributed by atoms with E-state index in [1.165, 1.54) is 0 Å². The summed E-state index contributed by atoms with van der Waals surface area (Å²) in [6.07, 6.45) is 2.29. The highest BCUT2D eigenvalue weighted by molar-refractivity contribution is 6.04. The smallest absolute Gasteiger partial charge is 0.255 e. The molecule has 0 bridgehead atoms. The van der Waals surface area contributed by atoms with Crippen LogP contribution in [0, 0.1) is 0 Å². The number of fused-ring (bicyclic) bond motifs is 1. The van der Waals surface area contributed by atoms with Crippen molar-refractivity contribution < 1.29 is 13.9 Å². The van der Waals surface area contributed by atoms with Crippen molar-refractivity contribution in [2.24, 2.45) is 0 Å². The Morgan fingerprint density at radius 3 is 2.70 bits per heavy atom. The zero-order valence-corrected chi connectivity index (χ0v) is 12.7. The number of nitrogens with one attached hydrogen (secondary N) is 1. The zero-order valence-electron chi connectivity index (χ0n) is 12.7. The third-order valence-electron chi connectivity index (χ3n) is 3.94. The van der Waals surface area contributed by atoms with Gasteiger partial charge in [-0.1, -0.05) is 0 Å². The summed E-state index contributed by atoms with van der Waals surface area (Å²) in [7, 11) is 1.60. The van der Waals surface area contributed by atoms with Gasteiger partial charge in [-0.2, -0.15) is 0 Å². The van der Waals surface area contributed by atoms with Gasteiger partial charge >= 0.3 is 0 Å². The van der Waals surface area contributed by atoms with Crippen molar-refractivity contribution in [1.82, 2.24) is 4.98 Å². The van der Waals surface area contributed by atoms with Gasteiger partial charge in [-0.05, 0) is 55.3 Å². The third-order valence-corrected chi connectivity index (χ3v) is 3.94. The monoisotopic (exact) mass is 308 g/mol. The van der Waals surface area contributed by atoms with E-state index in [2.05, 4.69) is 10.3 Å². The van der Waals surface area contributed by atoms with Crippen LogP contribution in [0.15, 0.2) is 46.9 Å². The van der Waals surface area contributed by atoms with Crippen LogP contribution in [0.25, 0.3) is 11.1 Å². The SMILES string of the molecule is COc1ccc(C(=O)Nc2ccc3oc(C4CC4)nc3c2)cc1. The minimum absolute atomic E-state index is 0.169. The molecule has 4 rings (SSSR count). The molecule has 1 aliphatic rings. The van der Waals surface area contributed by atoms with Crippen LogP contribution in [0.2, 0.25) is 0 Å². The molecule has 2 aromatic carbocycles. The predicted octanol–water partition coefficient (Wildman–Crippen LogP) is 3.97. The van der Waals surface area contributed by atoms with Crippen molar-refractivity contribution in [3.05, 3.63) is 53.9 Å². The van der Waals surface area contributed by atoms with Crippen molar-refractivity contribution >= 4 is 22.7 Å². The number of aromatic nitrogens is 1. The fourth-order valence-electron chi connectivity index (χ4n) is 2.47. The Morgan fingerprint density at radius 2 is 2.00 bits per heavy atom. The highest BCUT2D eigenvalue weighted by Crippen LogP contribution is 2.40. The lowest BCUT2D eigenvalue weighted by atomic mass is 10.2. The number of benzene rings is 2.